The van der Waals surface area contributed by atoms with E-state index in [4.69, 9.17) is 14.3 Å². The molecule has 1 aliphatic heterocycles. The fourth-order valence-electron chi connectivity index (χ4n) is 2.85. The Morgan fingerprint density at radius 3 is 2.67 bits per heavy atom. The minimum atomic E-state index is -1.42. The molecule has 1 aromatic carbocycles. The van der Waals surface area contributed by atoms with E-state index in [1.54, 1.807) is 0 Å². The van der Waals surface area contributed by atoms with E-state index in [0.29, 0.717) is 0 Å². The average molecular weight is 459 g/mol. The number of carbonyl (C=O) groups is 4. The highest BCUT2D eigenvalue weighted by atomic mass is 16.6. The largest absolute Gasteiger partial charge is 0.479 e. The summed E-state index contributed by atoms with van der Waals surface area (Å²) < 4.78 is 15.0. The van der Waals surface area contributed by atoms with Crippen molar-refractivity contribution in [1.82, 2.24) is 10.2 Å². The van der Waals surface area contributed by atoms with Crippen LogP contribution in [0.15, 0.2) is 40.4 Å². The molecule has 33 heavy (non-hydrogen) atoms. The van der Waals surface area contributed by atoms with Crippen molar-refractivity contribution in [2.75, 3.05) is 7.11 Å². The first-order chi connectivity index (χ1) is 15.6. The molecular weight excluding hydrogens is 442 g/mol. The molecule has 13 nitrogen and oxygen atoms in total. The van der Waals surface area contributed by atoms with Crippen LogP contribution in [0.5, 0.6) is 5.75 Å². The number of imide groups is 1. The molecule has 3 rings (SSSR count). The van der Waals surface area contributed by atoms with E-state index in [0.717, 1.165) is 17.0 Å². The van der Waals surface area contributed by atoms with Crippen molar-refractivity contribution < 1.29 is 43.1 Å². The second kappa shape index (κ2) is 9.21. The molecule has 0 radical (unpaired) electrons. The van der Waals surface area contributed by atoms with E-state index in [1.807, 2.05) is 0 Å². The predicted molar refractivity (Wildman–Crippen MR) is 108 cm³/mol. The number of furan rings is 1. The molecular formula is C20H17N3O10. The smallest absolute Gasteiger partial charge is 0.373 e. The molecule has 0 aliphatic carbocycles. The number of hydrogen-bond acceptors (Lipinski definition) is 9. The van der Waals surface area contributed by atoms with E-state index >= 15 is 0 Å². The molecule has 2 N–H and O–H groups in total. The predicted octanol–water partition coefficient (Wildman–Crippen LogP) is 1.92. The number of nitro groups is 1. The summed E-state index contributed by atoms with van der Waals surface area (Å²) >= 11 is 0. The molecule has 0 saturated carbocycles. The van der Waals surface area contributed by atoms with Crippen LogP contribution in [0.1, 0.15) is 28.8 Å². The van der Waals surface area contributed by atoms with Gasteiger partial charge in [0, 0.05) is 11.6 Å². The minimum Gasteiger partial charge on any atom is -0.479 e. The van der Waals surface area contributed by atoms with Gasteiger partial charge in [0.1, 0.15) is 11.5 Å². The number of nitrogens with one attached hydrogen (secondary N) is 1. The number of carboxylic acid groups (broad SMARTS) is 1. The van der Waals surface area contributed by atoms with Gasteiger partial charge in [-0.05, 0) is 25.1 Å². The third-order valence-corrected chi connectivity index (χ3v) is 4.49. The fraction of sp³-hybridized carbons (Fsp3) is 0.200. The van der Waals surface area contributed by atoms with Gasteiger partial charge in [0.15, 0.2) is 6.10 Å². The monoisotopic (exact) mass is 459 g/mol. The zero-order chi connectivity index (χ0) is 24.3. The van der Waals surface area contributed by atoms with Crippen LogP contribution in [0.2, 0.25) is 0 Å². The van der Waals surface area contributed by atoms with Crippen molar-refractivity contribution in [2.45, 2.75) is 19.6 Å². The number of carboxylic acids is 1. The van der Waals surface area contributed by atoms with E-state index < -0.39 is 40.6 Å². The second-order valence-electron chi connectivity index (χ2n) is 6.69. The average Bonchev–Trinajstić information content (AvgIpc) is 3.34. The molecule has 2 heterocycles. The molecule has 13 heteroatoms. The Labute approximate surface area is 185 Å². The zero-order valence-electron chi connectivity index (χ0n) is 17.3. The number of nitrogens with zero attached hydrogens (tertiary/aromatic N) is 2. The highest BCUT2D eigenvalue weighted by molar-refractivity contribution is 6.14. The molecule has 1 aromatic heterocycles. The van der Waals surface area contributed by atoms with E-state index in [2.05, 4.69) is 10.1 Å². The van der Waals surface area contributed by atoms with Gasteiger partial charge in [0.25, 0.3) is 5.91 Å². The standard InChI is InChI=1S/C20H17N3O10/c1-10(18(25)26)32-16-11(4-3-5-14(16)23(29)30)8-13-17(24)22(20(28)21-13)9-12-6-7-15(33-12)19(27)31-2/h3-8,10H,9H2,1-2H3,(H,21,28)(H,25,26)/b13-8-/t10-/m0/s1. The zero-order valence-corrected chi connectivity index (χ0v) is 17.3. The summed E-state index contributed by atoms with van der Waals surface area (Å²) in [4.78, 5) is 59.1. The quantitative estimate of drug-likeness (QED) is 0.195. The van der Waals surface area contributed by atoms with E-state index in [1.165, 1.54) is 38.3 Å². The molecule has 0 bridgehead atoms. The van der Waals surface area contributed by atoms with Crippen LogP contribution < -0.4 is 10.1 Å². The molecule has 0 spiro atoms. The van der Waals surface area contributed by atoms with E-state index in [9.17, 15) is 29.3 Å². The first-order valence-corrected chi connectivity index (χ1v) is 9.30. The van der Waals surface area contributed by atoms with Crippen molar-refractivity contribution >= 4 is 35.6 Å². The lowest BCUT2D eigenvalue weighted by Gasteiger charge is -2.13. The number of rotatable bonds is 8. The van der Waals surface area contributed by atoms with Gasteiger partial charge in [-0.2, -0.15) is 0 Å². The Morgan fingerprint density at radius 2 is 2.03 bits per heavy atom. The van der Waals surface area contributed by atoms with Gasteiger partial charge in [-0.15, -0.1) is 0 Å². The first kappa shape index (κ1) is 23.0. The molecule has 172 valence electrons. The van der Waals surface area contributed by atoms with Gasteiger partial charge in [-0.1, -0.05) is 12.1 Å². The van der Waals surface area contributed by atoms with Crippen molar-refractivity contribution in [2.24, 2.45) is 0 Å². The lowest BCUT2D eigenvalue weighted by Crippen LogP contribution is -2.30. The van der Waals surface area contributed by atoms with Crippen molar-refractivity contribution in [3.05, 3.63) is 63.2 Å². The van der Waals surface area contributed by atoms with Gasteiger partial charge < -0.3 is 24.3 Å². The van der Waals surface area contributed by atoms with Gasteiger partial charge >= 0.3 is 23.7 Å². The number of nitro benzene ring substituents is 1. The van der Waals surface area contributed by atoms with E-state index in [-0.39, 0.29) is 35.1 Å². The second-order valence-corrected chi connectivity index (χ2v) is 6.69. The number of methoxy groups -OCH3 is 1. The lowest BCUT2D eigenvalue weighted by atomic mass is 10.1. The molecule has 1 aliphatic rings. The summed E-state index contributed by atoms with van der Waals surface area (Å²) in [6.07, 6.45) is -0.282. The number of urea groups is 1. The van der Waals surface area contributed by atoms with Crippen LogP contribution in [0.3, 0.4) is 0 Å². The third kappa shape index (κ3) is 4.81. The normalized spacial score (nSPS) is 15.3. The number of aliphatic carboxylic acids is 1. The number of carbonyl (C=O) groups excluding carboxylic acids is 3. The summed E-state index contributed by atoms with van der Waals surface area (Å²) in [5.74, 6) is -3.21. The highest BCUT2D eigenvalue weighted by Crippen LogP contribution is 2.34. The number of ether oxygens (including phenoxy) is 2. The molecule has 0 unspecified atom stereocenters. The first-order valence-electron chi connectivity index (χ1n) is 9.30. The Bertz CT molecular complexity index is 1180. The Hall–Kier alpha value is -4.68. The number of benzene rings is 1. The summed E-state index contributed by atoms with van der Waals surface area (Å²) in [7, 11) is 1.17. The maximum absolute atomic E-state index is 12.8. The topological polar surface area (TPSA) is 179 Å². The fourth-order valence-corrected chi connectivity index (χ4v) is 2.85. The van der Waals surface area contributed by atoms with Gasteiger partial charge in [0.05, 0.1) is 18.6 Å². The van der Waals surface area contributed by atoms with Crippen LogP contribution in [-0.2, 0) is 20.9 Å². The van der Waals surface area contributed by atoms with Crippen LogP contribution in [0.25, 0.3) is 6.08 Å². The van der Waals surface area contributed by atoms with Crippen molar-refractivity contribution in [3.63, 3.8) is 0 Å². The maximum Gasteiger partial charge on any atom is 0.373 e. The Balaban J connectivity index is 1.90. The van der Waals surface area contributed by atoms with Crippen molar-refractivity contribution in [3.8, 4) is 5.75 Å². The van der Waals surface area contributed by atoms with Crippen LogP contribution >= 0.6 is 0 Å². The van der Waals surface area contributed by atoms with Gasteiger partial charge in [-0.3, -0.25) is 19.8 Å². The summed E-state index contributed by atoms with van der Waals surface area (Å²) in [6, 6.07) is 5.72. The minimum absolute atomic E-state index is 0.00813. The number of esters is 1. The summed E-state index contributed by atoms with van der Waals surface area (Å²) in [6.45, 7) is 0.888. The third-order valence-electron chi connectivity index (χ3n) is 4.49. The lowest BCUT2D eigenvalue weighted by molar-refractivity contribution is -0.386. The number of para-hydroxylation sites is 1. The van der Waals surface area contributed by atoms with Crippen molar-refractivity contribution in [1.29, 1.82) is 0 Å². The highest BCUT2D eigenvalue weighted by Gasteiger charge is 2.35. The van der Waals surface area contributed by atoms with Gasteiger partial charge in [-0.25, -0.2) is 14.4 Å². The summed E-state index contributed by atoms with van der Waals surface area (Å²) in [5.41, 5.74) is -0.737. The molecule has 1 saturated heterocycles. The Morgan fingerprint density at radius 1 is 1.30 bits per heavy atom. The van der Waals surface area contributed by atoms with Crippen LogP contribution in [0, 0.1) is 10.1 Å². The molecule has 1 fully saturated rings. The number of amides is 3. The number of hydrogen-bond donors (Lipinski definition) is 2. The van der Waals surface area contributed by atoms with Crippen LogP contribution in [0.4, 0.5) is 10.5 Å². The maximum atomic E-state index is 12.8. The SMILES string of the molecule is COC(=O)c1ccc(CN2C(=O)N/C(=C\c3cccc([N+](=O)[O-])c3O[C@@H](C)C(=O)O)C2=O)o1. The van der Waals surface area contributed by atoms with Gasteiger partial charge in [0.2, 0.25) is 11.5 Å². The Kier molecular flexibility index (Phi) is 6.42. The molecule has 1 atom stereocenters. The van der Waals surface area contributed by atoms with Crippen LogP contribution in [-0.4, -0.2) is 52.0 Å². The molecule has 2 aromatic rings. The molecule has 3 amide bonds. The summed E-state index contributed by atoms with van der Waals surface area (Å²) in [5, 5.41) is 22.8.